The number of methoxy groups -OCH3 is 1. The van der Waals surface area contributed by atoms with Gasteiger partial charge in [-0.15, -0.1) is 11.6 Å². The maximum absolute atomic E-state index is 6.27. The normalized spacial score (nSPS) is 32.5. The van der Waals surface area contributed by atoms with E-state index in [1.807, 2.05) is 0 Å². The molecule has 0 aliphatic heterocycles. The molecule has 102 valence electrons. The number of hydrogen-bond acceptors (Lipinski definition) is 1. The zero-order chi connectivity index (χ0) is 13.1. The molecule has 1 unspecified atom stereocenters. The van der Waals surface area contributed by atoms with Crippen molar-refractivity contribution in [2.45, 2.75) is 53.4 Å². The number of halogens is 1. The van der Waals surface area contributed by atoms with Crippen LogP contribution in [0.15, 0.2) is 0 Å². The van der Waals surface area contributed by atoms with Gasteiger partial charge in [-0.2, -0.15) is 0 Å². The van der Waals surface area contributed by atoms with E-state index in [0.717, 1.165) is 18.4 Å². The van der Waals surface area contributed by atoms with Gasteiger partial charge in [0.25, 0.3) is 0 Å². The standard InChI is InChI=1S/C15H29ClO/c1-12(10-17-5)15(11-16)8-6-13(7-9-15)14(2,3)4/h12-13H,6-11H2,1-5H3. The molecule has 1 saturated carbocycles. The third-order valence-electron chi connectivity index (χ3n) is 4.93. The highest BCUT2D eigenvalue weighted by Gasteiger charge is 2.41. The Kier molecular flexibility index (Phi) is 5.34. The lowest BCUT2D eigenvalue weighted by Gasteiger charge is -2.46. The number of alkyl halides is 1. The summed E-state index contributed by atoms with van der Waals surface area (Å²) in [7, 11) is 1.79. The molecule has 0 saturated heterocycles. The topological polar surface area (TPSA) is 9.23 Å². The first-order chi connectivity index (χ1) is 7.85. The van der Waals surface area contributed by atoms with Crippen LogP contribution in [0.25, 0.3) is 0 Å². The van der Waals surface area contributed by atoms with E-state index < -0.39 is 0 Å². The van der Waals surface area contributed by atoms with Crippen LogP contribution >= 0.6 is 11.6 Å². The van der Waals surface area contributed by atoms with Crippen LogP contribution < -0.4 is 0 Å². The molecule has 0 N–H and O–H groups in total. The zero-order valence-electron chi connectivity index (χ0n) is 12.2. The molecule has 1 nitrogen and oxygen atoms in total. The van der Waals surface area contributed by atoms with Gasteiger partial charge in [-0.05, 0) is 48.3 Å². The molecule has 2 heteroatoms. The average Bonchev–Trinajstić information content (AvgIpc) is 2.28. The fraction of sp³-hybridized carbons (Fsp3) is 1.00. The van der Waals surface area contributed by atoms with Crippen molar-refractivity contribution in [2.75, 3.05) is 19.6 Å². The highest BCUT2D eigenvalue weighted by molar-refractivity contribution is 6.18. The number of ether oxygens (including phenoxy) is 1. The third-order valence-corrected chi connectivity index (χ3v) is 5.47. The molecule has 0 heterocycles. The van der Waals surface area contributed by atoms with E-state index in [-0.39, 0.29) is 0 Å². The van der Waals surface area contributed by atoms with Crippen LogP contribution in [0.4, 0.5) is 0 Å². The maximum atomic E-state index is 6.27. The van der Waals surface area contributed by atoms with E-state index in [9.17, 15) is 0 Å². The van der Waals surface area contributed by atoms with E-state index in [4.69, 9.17) is 16.3 Å². The van der Waals surface area contributed by atoms with Crippen LogP contribution in [0.2, 0.25) is 0 Å². The summed E-state index contributed by atoms with van der Waals surface area (Å²) in [4.78, 5) is 0. The number of hydrogen-bond donors (Lipinski definition) is 0. The van der Waals surface area contributed by atoms with E-state index >= 15 is 0 Å². The molecule has 1 aliphatic rings. The minimum absolute atomic E-state index is 0.319. The van der Waals surface area contributed by atoms with Gasteiger partial charge in [0.15, 0.2) is 0 Å². The molecule has 1 aliphatic carbocycles. The Hall–Kier alpha value is 0.250. The molecule has 1 atom stereocenters. The highest BCUT2D eigenvalue weighted by Crippen LogP contribution is 2.49. The van der Waals surface area contributed by atoms with Gasteiger partial charge in [-0.3, -0.25) is 0 Å². The van der Waals surface area contributed by atoms with Gasteiger partial charge >= 0.3 is 0 Å². The second-order valence-corrected chi connectivity index (χ2v) is 7.26. The van der Waals surface area contributed by atoms with Crippen LogP contribution in [0.5, 0.6) is 0 Å². The summed E-state index contributed by atoms with van der Waals surface area (Å²) in [5, 5.41) is 0. The van der Waals surface area contributed by atoms with Gasteiger partial charge in [0, 0.05) is 19.6 Å². The molecule has 0 bridgehead atoms. The predicted octanol–water partition coefficient (Wildman–Crippen LogP) is 4.73. The second kappa shape index (κ2) is 5.93. The van der Waals surface area contributed by atoms with Crippen LogP contribution in [-0.4, -0.2) is 19.6 Å². The first-order valence-corrected chi connectivity index (χ1v) is 7.44. The van der Waals surface area contributed by atoms with Crippen LogP contribution in [0.3, 0.4) is 0 Å². The quantitative estimate of drug-likeness (QED) is 0.664. The molecule has 0 spiro atoms. The molecule has 0 radical (unpaired) electrons. The van der Waals surface area contributed by atoms with Crippen molar-refractivity contribution in [1.29, 1.82) is 0 Å². The summed E-state index contributed by atoms with van der Waals surface area (Å²) in [6, 6.07) is 0. The van der Waals surface area contributed by atoms with Crippen molar-refractivity contribution < 1.29 is 4.74 Å². The monoisotopic (exact) mass is 260 g/mol. The van der Waals surface area contributed by atoms with Crippen molar-refractivity contribution in [2.24, 2.45) is 22.7 Å². The second-order valence-electron chi connectivity index (χ2n) is 6.99. The fourth-order valence-corrected chi connectivity index (χ4v) is 3.77. The zero-order valence-corrected chi connectivity index (χ0v) is 12.9. The van der Waals surface area contributed by atoms with Gasteiger partial charge in [0.1, 0.15) is 0 Å². The van der Waals surface area contributed by atoms with Crippen LogP contribution in [0, 0.1) is 22.7 Å². The predicted molar refractivity (Wildman–Crippen MR) is 75.6 cm³/mol. The average molecular weight is 261 g/mol. The van der Waals surface area contributed by atoms with Crippen molar-refractivity contribution in [1.82, 2.24) is 0 Å². The summed E-state index contributed by atoms with van der Waals surface area (Å²) < 4.78 is 5.32. The maximum Gasteiger partial charge on any atom is 0.0493 e. The molecule has 0 aromatic rings. The summed E-state index contributed by atoms with van der Waals surface area (Å²) in [6.45, 7) is 10.2. The van der Waals surface area contributed by atoms with E-state index in [1.54, 1.807) is 7.11 Å². The number of rotatable bonds is 4. The van der Waals surface area contributed by atoms with E-state index in [2.05, 4.69) is 27.7 Å². The smallest absolute Gasteiger partial charge is 0.0493 e. The Balaban J connectivity index is 2.63. The van der Waals surface area contributed by atoms with Gasteiger partial charge in [0.05, 0.1) is 0 Å². The first kappa shape index (κ1) is 15.3. The van der Waals surface area contributed by atoms with Gasteiger partial charge < -0.3 is 4.74 Å². The van der Waals surface area contributed by atoms with Gasteiger partial charge in [0.2, 0.25) is 0 Å². The Morgan fingerprint density at radius 1 is 1.29 bits per heavy atom. The summed E-state index contributed by atoms with van der Waals surface area (Å²) in [5.41, 5.74) is 0.766. The largest absolute Gasteiger partial charge is 0.384 e. The molecule has 1 rings (SSSR count). The Bertz CT molecular complexity index is 224. The van der Waals surface area contributed by atoms with Crippen molar-refractivity contribution >= 4 is 11.6 Å². The van der Waals surface area contributed by atoms with Crippen LogP contribution in [-0.2, 0) is 4.74 Å². The molecule has 1 fully saturated rings. The van der Waals surface area contributed by atoms with Crippen molar-refractivity contribution in [3.8, 4) is 0 Å². The minimum atomic E-state index is 0.319. The minimum Gasteiger partial charge on any atom is -0.384 e. The fourth-order valence-electron chi connectivity index (χ4n) is 3.24. The van der Waals surface area contributed by atoms with Gasteiger partial charge in [-0.25, -0.2) is 0 Å². The van der Waals surface area contributed by atoms with Gasteiger partial charge in [-0.1, -0.05) is 27.7 Å². The summed E-state index contributed by atoms with van der Waals surface area (Å²) in [5.74, 6) is 2.22. The summed E-state index contributed by atoms with van der Waals surface area (Å²) >= 11 is 6.27. The molecule has 17 heavy (non-hydrogen) atoms. The molecule has 0 aromatic carbocycles. The van der Waals surface area contributed by atoms with Crippen LogP contribution in [0.1, 0.15) is 53.4 Å². The lowest BCUT2D eigenvalue weighted by Crippen LogP contribution is -2.39. The molecule has 0 amide bonds. The molecular formula is C15H29ClO. The molecule has 0 aromatic heterocycles. The van der Waals surface area contributed by atoms with E-state index in [1.165, 1.54) is 25.7 Å². The lowest BCUT2D eigenvalue weighted by atomic mass is 9.61. The molecular weight excluding hydrogens is 232 g/mol. The van der Waals surface area contributed by atoms with Crippen molar-refractivity contribution in [3.05, 3.63) is 0 Å². The Labute approximate surface area is 112 Å². The highest BCUT2D eigenvalue weighted by atomic mass is 35.5. The lowest BCUT2D eigenvalue weighted by molar-refractivity contribution is 0.0243. The Morgan fingerprint density at radius 3 is 2.18 bits per heavy atom. The van der Waals surface area contributed by atoms with E-state index in [0.29, 0.717) is 16.7 Å². The Morgan fingerprint density at radius 2 is 1.82 bits per heavy atom. The first-order valence-electron chi connectivity index (χ1n) is 6.90. The third kappa shape index (κ3) is 3.61. The SMILES string of the molecule is COCC(C)C1(CCl)CCC(C(C)(C)C)CC1. The van der Waals surface area contributed by atoms with Crippen molar-refractivity contribution in [3.63, 3.8) is 0 Å². The summed E-state index contributed by atoms with van der Waals surface area (Å²) in [6.07, 6.45) is 5.18.